The molecule has 4 heteroatoms. The van der Waals surface area contributed by atoms with Gasteiger partial charge in [0.05, 0.1) is 32.7 Å². The molecule has 1 atom stereocenters. The molecule has 0 aliphatic carbocycles. The summed E-state index contributed by atoms with van der Waals surface area (Å²) in [7, 11) is 2.44. The van der Waals surface area contributed by atoms with Crippen molar-refractivity contribution in [1.82, 2.24) is 0 Å². The van der Waals surface area contributed by atoms with Crippen LogP contribution in [0.3, 0.4) is 0 Å². The molecule has 0 saturated carbocycles. The summed E-state index contributed by atoms with van der Waals surface area (Å²) in [5.41, 5.74) is 9.43. The molecule has 0 amide bonds. The van der Waals surface area contributed by atoms with E-state index in [9.17, 15) is 0 Å². The van der Waals surface area contributed by atoms with Crippen molar-refractivity contribution in [2.24, 2.45) is 0 Å². The molecular weight excluding hydrogens is 282 g/mol. The number of aryl methyl sites for hydroxylation is 1. The zero-order valence-electron chi connectivity index (χ0n) is 13.3. The topological polar surface area (TPSA) is 29.3 Å². The van der Waals surface area contributed by atoms with Crippen LogP contribution in [-0.2, 0) is 0 Å². The summed E-state index contributed by atoms with van der Waals surface area (Å²) in [6.45, 7) is 7.35. The SMILES string of the molecule is Cc1cc(N2CCCC2C[N+]2(C)CCCC2)ccc1N.[Cl-]. The number of nitrogens with two attached hydrogens (primary N) is 1. The number of hydrogen-bond donors (Lipinski definition) is 1. The fraction of sp³-hybridized carbons (Fsp3) is 0.647. The first-order valence-corrected chi connectivity index (χ1v) is 8.04. The maximum absolute atomic E-state index is 5.95. The number of quaternary nitrogens is 1. The quantitative estimate of drug-likeness (QED) is 0.618. The zero-order chi connectivity index (χ0) is 14.2. The van der Waals surface area contributed by atoms with Crippen molar-refractivity contribution in [1.29, 1.82) is 0 Å². The molecule has 0 spiro atoms. The van der Waals surface area contributed by atoms with E-state index in [2.05, 4.69) is 37.1 Å². The number of benzene rings is 1. The Kier molecular flexibility index (Phi) is 5.05. The highest BCUT2D eigenvalue weighted by Crippen LogP contribution is 2.30. The maximum Gasteiger partial charge on any atom is 0.0991 e. The van der Waals surface area contributed by atoms with E-state index in [1.54, 1.807) is 0 Å². The number of halogens is 1. The van der Waals surface area contributed by atoms with Crippen molar-refractivity contribution in [2.45, 2.75) is 38.6 Å². The summed E-state index contributed by atoms with van der Waals surface area (Å²) in [5, 5.41) is 0. The second kappa shape index (κ2) is 6.45. The molecule has 0 aromatic heterocycles. The van der Waals surface area contributed by atoms with Gasteiger partial charge in [-0.05, 0) is 43.5 Å². The molecule has 0 bridgehead atoms. The number of likely N-dealkylation sites (N-methyl/N-ethyl adjacent to an activating group) is 1. The highest BCUT2D eigenvalue weighted by atomic mass is 35.5. The maximum atomic E-state index is 5.95. The number of rotatable bonds is 3. The third kappa shape index (κ3) is 3.46. The number of nitrogen functional groups attached to an aromatic ring is 1. The zero-order valence-corrected chi connectivity index (χ0v) is 14.1. The van der Waals surface area contributed by atoms with E-state index in [0.717, 1.165) is 5.69 Å². The minimum atomic E-state index is 0. The Hall–Kier alpha value is -0.930. The van der Waals surface area contributed by atoms with E-state index in [4.69, 9.17) is 5.73 Å². The minimum Gasteiger partial charge on any atom is -1.00 e. The Labute approximate surface area is 135 Å². The normalized spacial score (nSPS) is 24.1. The van der Waals surface area contributed by atoms with Gasteiger partial charge in [-0.25, -0.2) is 0 Å². The summed E-state index contributed by atoms with van der Waals surface area (Å²) in [4.78, 5) is 2.62. The van der Waals surface area contributed by atoms with Crippen LogP contribution in [-0.4, -0.2) is 43.8 Å². The van der Waals surface area contributed by atoms with E-state index >= 15 is 0 Å². The molecule has 21 heavy (non-hydrogen) atoms. The van der Waals surface area contributed by atoms with Gasteiger partial charge in [0.2, 0.25) is 0 Å². The molecule has 0 radical (unpaired) electrons. The minimum absolute atomic E-state index is 0. The van der Waals surface area contributed by atoms with Crippen LogP contribution in [0.25, 0.3) is 0 Å². The van der Waals surface area contributed by atoms with Gasteiger partial charge < -0.3 is 27.5 Å². The third-order valence-corrected chi connectivity index (χ3v) is 5.26. The van der Waals surface area contributed by atoms with Crippen LogP contribution < -0.4 is 23.0 Å². The highest BCUT2D eigenvalue weighted by molar-refractivity contribution is 5.58. The fourth-order valence-corrected chi connectivity index (χ4v) is 3.99. The fourth-order valence-electron chi connectivity index (χ4n) is 3.99. The second-order valence-electron chi connectivity index (χ2n) is 6.99. The molecule has 2 saturated heterocycles. The van der Waals surface area contributed by atoms with Crippen LogP contribution in [0, 0.1) is 6.92 Å². The Morgan fingerprint density at radius 2 is 1.95 bits per heavy atom. The molecule has 118 valence electrons. The van der Waals surface area contributed by atoms with E-state index in [0.29, 0.717) is 6.04 Å². The van der Waals surface area contributed by atoms with Gasteiger partial charge in [0, 0.05) is 30.8 Å². The van der Waals surface area contributed by atoms with E-state index in [1.807, 2.05) is 0 Å². The van der Waals surface area contributed by atoms with Gasteiger partial charge in [0.25, 0.3) is 0 Å². The monoisotopic (exact) mass is 309 g/mol. The molecule has 3 rings (SSSR count). The van der Waals surface area contributed by atoms with Gasteiger partial charge in [-0.3, -0.25) is 0 Å². The van der Waals surface area contributed by atoms with Crippen LogP contribution in [0.15, 0.2) is 18.2 Å². The van der Waals surface area contributed by atoms with Crippen molar-refractivity contribution >= 4 is 11.4 Å². The van der Waals surface area contributed by atoms with Gasteiger partial charge >= 0.3 is 0 Å². The summed E-state index contributed by atoms with van der Waals surface area (Å²) in [6, 6.07) is 7.23. The first-order valence-electron chi connectivity index (χ1n) is 8.04. The molecule has 3 nitrogen and oxygen atoms in total. The number of nitrogens with zero attached hydrogens (tertiary/aromatic N) is 2. The van der Waals surface area contributed by atoms with Crippen molar-refractivity contribution in [2.75, 3.05) is 43.9 Å². The predicted octanol–water partition coefficient (Wildman–Crippen LogP) is -0.210. The standard InChI is InChI=1S/C17H28N3.ClH/c1-14-12-15(7-8-17(14)18)19-9-5-6-16(19)13-20(2)10-3-4-11-20;/h7-8,12,16H,3-6,9-11,13,18H2,1-2H3;1H/q+1;/p-1. The molecule has 1 aromatic carbocycles. The summed E-state index contributed by atoms with van der Waals surface area (Å²) < 4.78 is 1.27. The second-order valence-corrected chi connectivity index (χ2v) is 6.99. The van der Waals surface area contributed by atoms with Crippen molar-refractivity contribution in [3.63, 3.8) is 0 Å². The molecule has 2 heterocycles. The third-order valence-electron chi connectivity index (χ3n) is 5.26. The van der Waals surface area contributed by atoms with Gasteiger partial charge in [-0.1, -0.05) is 0 Å². The number of anilines is 2. The van der Waals surface area contributed by atoms with E-state index in [1.165, 1.54) is 67.6 Å². The van der Waals surface area contributed by atoms with Crippen LogP contribution in [0.2, 0.25) is 0 Å². The highest BCUT2D eigenvalue weighted by Gasteiger charge is 2.35. The van der Waals surface area contributed by atoms with Crippen LogP contribution in [0.4, 0.5) is 11.4 Å². The van der Waals surface area contributed by atoms with Gasteiger partial charge in [0.15, 0.2) is 0 Å². The van der Waals surface area contributed by atoms with Crippen molar-refractivity contribution < 1.29 is 16.9 Å². The van der Waals surface area contributed by atoms with Crippen molar-refractivity contribution in [3.05, 3.63) is 23.8 Å². The lowest BCUT2D eigenvalue weighted by atomic mass is 10.1. The van der Waals surface area contributed by atoms with Crippen molar-refractivity contribution in [3.8, 4) is 0 Å². The smallest absolute Gasteiger partial charge is 0.0991 e. The lowest BCUT2D eigenvalue weighted by Crippen LogP contribution is -3.00. The van der Waals surface area contributed by atoms with E-state index < -0.39 is 0 Å². The summed E-state index contributed by atoms with van der Waals surface area (Å²) in [5.74, 6) is 0. The largest absolute Gasteiger partial charge is 1.00 e. The summed E-state index contributed by atoms with van der Waals surface area (Å²) in [6.07, 6.45) is 5.49. The van der Waals surface area contributed by atoms with Crippen LogP contribution in [0.5, 0.6) is 0 Å². The average molecular weight is 310 g/mol. The van der Waals surface area contributed by atoms with Crippen LogP contribution >= 0.6 is 0 Å². The number of hydrogen-bond acceptors (Lipinski definition) is 2. The van der Waals surface area contributed by atoms with Gasteiger partial charge in [-0.2, -0.15) is 0 Å². The Bertz CT molecular complexity index is 483. The first kappa shape index (κ1) is 16.4. The molecule has 1 unspecified atom stereocenters. The molecular formula is C17H28ClN3. The average Bonchev–Trinajstić information content (AvgIpc) is 3.03. The Morgan fingerprint density at radius 3 is 2.62 bits per heavy atom. The molecule has 2 aliphatic rings. The Morgan fingerprint density at radius 1 is 1.24 bits per heavy atom. The lowest BCUT2D eigenvalue weighted by Gasteiger charge is -2.36. The molecule has 2 N–H and O–H groups in total. The number of likely N-dealkylation sites (tertiary alicyclic amines) is 1. The first-order chi connectivity index (χ1) is 9.57. The predicted molar refractivity (Wildman–Crippen MR) is 86.0 cm³/mol. The summed E-state index contributed by atoms with van der Waals surface area (Å²) >= 11 is 0. The lowest BCUT2D eigenvalue weighted by molar-refractivity contribution is -0.898. The molecule has 2 aliphatic heterocycles. The van der Waals surface area contributed by atoms with E-state index in [-0.39, 0.29) is 12.4 Å². The van der Waals surface area contributed by atoms with Gasteiger partial charge in [0.1, 0.15) is 0 Å². The van der Waals surface area contributed by atoms with Gasteiger partial charge in [-0.15, -0.1) is 0 Å². The Balaban J connectivity index is 0.00000161. The molecule has 1 aromatic rings. The molecule has 2 fully saturated rings. The van der Waals surface area contributed by atoms with Crippen LogP contribution in [0.1, 0.15) is 31.2 Å².